The number of nitrogens with one attached hydrogen (secondary N) is 1. The maximum absolute atomic E-state index is 12.7. The number of halogens is 3. The molecule has 1 heterocycles. The number of carbonyl (C=O) groups is 2. The number of methoxy groups -OCH3 is 2. The fourth-order valence-corrected chi connectivity index (χ4v) is 3.34. The number of nitrogens with zero attached hydrogens (tertiary/aromatic N) is 1. The number of pyridine rings is 1. The highest BCUT2D eigenvalue weighted by molar-refractivity contribution is 6.42. The number of aromatic nitrogens is 1. The van der Waals surface area contributed by atoms with Crippen LogP contribution in [0.1, 0.15) is 20.8 Å². The monoisotopic (exact) mass is 506 g/mol. The molecule has 0 fully saturated rings. The summed E-state index contributed by atoms with van der Waals surface area (Å²) >= 11 is 12.1. The van der Waals surface area contributed by atoms with Crippen molar-refractivity contribution in [3.05, 3.63) is 69.8 Å². The van der Waals surface area contributed by atoms with Gasteiger partial charge in [-0.25, -0.2) is 9.37 Å². The summed E-state index contributed by atoms with van der Waals surface area (Å²) < 4.78 is 28.1. The van der Waals surface area contributed by atoms with Gasteiger partial charge in [0.15, 0.2) is 17.3 Å². The lowest BCUT2D eigenvalue weighted by Gasteiger charge is -2.12. The summed E-state index contributed by atoms with van der Waals surface area (Å²) in [4.78, 5) is 29.7. The summed E-state index contributed by atoms with van der Waals surface area (Å²) in [5.41, 5.74) is 1.41. The van der Waals surface area contributed by atoms with Crippen LogP contribution in [-0.2, 0) is 0 Å². The van der Waals surface area contributed by atoms with Gasteiger partial charge in [-0.05, 0) is 42.5 Å². The van der Waals surface area contributed by atoms with E-state index >= 15 is 0 Å². The minimum atomic E-state index is -0.653. The van der Waals surface area contributed by atoms with Crippen molar-refractivity contribution in [2.24, 2.45) is 0 Å². The Morgan fingerprint density at radius 2 is 1.68 bits per heavy atom. The van der Waals surface area contributed by atoms with E-state index in [1.807, 2.05) is 0 Å². The van der Waals surface area contributed by atoms with Gasteiger partial charge in [0.05, 0.1) is 30.8 Å². The van der Waals surface area contributed by atoms with Gasteiger partial charge in [-0.3, -0.25) is 9.59 Å². The second-order valence-electron chi connectivity index (χ2n) is 6.89. The maximum Gasteiger partial charge on any atom is 0.251 e. The molecule has 1 N–H and O–H groups in total. The van der Waals surface area contributed by atoms with Gasteiger partial charge in [-0.1, -0.05) is 29.3 Å². The first-order chi connectivity index (χ1) is 16.4. The Bertz CT molecular complexity index is 1210. The number of ketones is 1. The minimum Gasteiger partial charge on any atom is -0.494 e. The van der Waals surface area contributed by atoms with Crippen LogP contribution in [0.15, 0.2) is 48.5 Å². The SMILES string of the molecule is COc1cc(C(=O)NCC(=O)c2ccc(OC)c(-c3ccc(Cl)c(Cl)c3)n2)ccc1OCCF. The van der Waals surface area contributed by atoms with Crippen LogP contribution in [0.4, 0.5) is 4.39 Å². The molecule has 0 spiro atoms. The predicted molar refractivity (Wildman–Crippen MR) is 127 cm³/mol. The lowest BCUT2D eigenvalue weighted by molar-refractivity contribution is 0.0902. The van der Waals surface area contributed by atoms with Crippen molar-refractivity contribution in [3.8, 4) is 28.5 Å². The van der Waals surface area contributed by atoms with Crippen LogP contribution in [0.5, 0.6) is 17.2 Å². The van der Waals surface area contributed by atoms with E-state index in [0.29, 0.717) is 32.8 Å². The van der Waals surface area contributed by atoms with Crippen molar-refractivity contribution in [2.45, 2.75) is 0 Å². The van der Waals surface area contributed by atoms with E-state index in [4.69, 9.17) is 37.4 Å². The standard InChI is InChI=1S/C24H21Cl2FN2O5/c1-32-21-8-6-18(29-23(21)14-3-5-16(25)17(26)11-14)19(30)13-28-24(31)15-4-7-20(34-10-9-27)22(12-15)33-2/h3-8,11-12H,9-10,13H2,1-2H3,(H,28,31). The van der Waals surface area contributed by atoms with Crippen LogP contribution in [0.2, 0.25) is 10.0 Å². The Kier molecular flexibility index (Phi) is 8.67. The second-order valence-corrected chi connectivity index (χ2v) is 7.70. The van der Waals surface area contributed by atoms with E-state index in [9.17, 15) is 14.0 Å². The summed E-state index contributed by atoms with van der Waals surface area (Å²) in [7, 11) is 2.89. The number of Topliss-reactive ketones (excluding diaryl/α,β-unsaturated/α-hetero) is 1. The predicted octanol–water partition coefficient (Wildman–Crippen LogP) is 5.03. The van der Waals surface area contributed by atoms with E-state index in [0.717, 1.165) is 0 Å². The van der Waals surface area contributed by atoms with Crippen molar-refractivity contribution in [2.75, 3.05) is 34.0 Å². The average Bonchev–Trinajstić information content (AvgIpc) is 2.86. The Morgan fingerprint density at radius 3 is 2.35 bits per heavy atom. The fourth-order valence-electron chi connectivity index (χ4n) is 3.05. The Balaban J connectivity index is 1.74. The molecule has 178 valence electrons. The molecule has 0 unspecified atom stereocenters. The number of ether oxygens (including phenoxy) is 3. The molecule has 2 aromatic carbocycles. The Morgan fingerprint density at radius 1 is 0.941 bits per heavy atom. The summed E-state index contributed by atoms with van der Waals surface area (Å²) in [6.07, 6.45) is 0. The normalized spacial score (nSPS) is 10.5. The highest BCUT2D eigenvalue weighted by Gasteiger charge is 2.17. The van der Waals surface area contributed by atoms with Crippen molar-refractivity contribution < 1.29 is 28.2 Å². The molecule has 1 aromatic heterocycles. The second kappa shape index (κ2) is 11.7. The van der Waals surface area contributed by atoms with Crippen LogP contribution in [0, 0.1) is 0 Å². The largest absolute Gasteiger partial charge is 0.494 e. The molecular formula is C24H21Cl2FN2O5. The molecule has 10 heteroatoms. The molecule has 0 bridgehead atoms. The molecule has 34 heavy (non-hydrogen) atoms. The summed E-state index contributed by atoms with van der Waals surface area (Å²) in [6.45, 7) is -1.07. The molecule has 0 atom stereocenters. The smallest absolute Gasteiger partial charge is 0.251 e. The lowest BCUT2D eigenvalue weighted by atomic mass is 10.1. The molecule has 0 radical (unpaired) electrons. The van der Waals surface area contributed by atoms with Crippen molar-refractivity contribution in [1.29, 1.82) is 0 Å². The Labute approximate surface area is 205 Å². The van der Waals surface area contributed by atoms with Gasteiger partial charge in [0.1, 0.15) is 30.4 Å². The molecule has 3 aromatic rings. The number of alkyl halides is 1. The third-order valence-corrected chi connectivity index (χ3v) is 5.47. The van der Waals surface area contributed by atoms with Gasteiger partial charge in [0.25, 0.3) is 5.91 Å². The van der Waals surface area contributed by atoms with Crippen LogP contribution < -0.4 is 19.5 Å². The number of hydrogen-bond acceptors (Lipinski definition) is 6. The first-order valence-electron chi connectivity index (χ1n) is 10.1. The van der Waals surface area contributed by atoms with E-state index in [-0.39, 0.29) is 30.2 Å². The highest BCUT2D eigenvalue weighted by Crippen LogP contribution is 2.33. The van der Waals surface area contributed by atoms with Gasteiger partial charge < -0.3 is 19.5 Å². The van der Waals surface area contributed by atoms with E-state index in [1.165, 1.54) is 38.5 Å². The van der Waals surface area contributed by atoms with Crippen molar-refractivity contribution in [3.63, 3.8) is 0 Å². The highest BCUT2D eigenvalue weighted by atomic mass is 35.5. The van der Waals surface area contributed by atoms with Gasteiger partial charge in [0.2, 0.25) is 0 Å². The van der Waals surface area contributed by atoms with Crippen LogP contribution in [0.3, 0.4) is 0 Å². The lowest BCUT2D eigenvalue weighted by Crippen LogP contribution is -2.30. The first-order valence-corrected chi connectivity index (χ1v) is 10.8. The summed E-state index contributed by atoms with van der Waals surface area (Å²) in [5, 5.41) is 3.28. The van der Waals surface area contributed by atoms with Crippen LogP contribution in [-0.4, -0.2) is 50.7 Å². The van der Waals surface area contributed by atoms with Crippen molar-refractivity contribution in [1.82, 2.24) is 10.3 Å². The Hall–Kier alpha value is -3.36. The summed E-state index contributed by atoms with van der Waals surface area (Å²) in [5.74, 6) is 0.121. The third-order valence-electron chi connectivity index (χ3n) is 4.73. The van der Waals surface area contributed by atoms with Crippen LogP contribution in [0.25, 0.3) is 11.3 Å². The third kappa shape index (κ3) is 5.95. The number of rotatable bonds is 10. The molecule has 3 rings (SSSR count). The zero-order valence-electron chi connectivity index (χ0n) is 18.4. The number of amides is 1. The van der Waals surface area contributed by atoms with Crippen molar-refractivity contribution >= 4 is 34.9 Å². The number of hydrogen-bond donors (Lipinski definition) is 1. The first kappa shape index (κ1) is 25.3. The molecule has 0 saturated heterocycles. The van der Waals surface area contributed by atoms with Gasteiger partial charge >= 0.3 is 0 Å². The van der Waals surface area contributed by atoms with Gasteiger partial charge in [-0.2, -0.15) is 0 Å². The summed E-state index contributed by atoms with van der Waals surface area (Å²) in [6, 6.07) is 12.5. The maximum atomic E-state index is 12.7. The zero-order valence-corrected chi connectivity index (χ0v) is 19.9. The molecule has 7 nitrogen and oxygen atoms in total. The minimum absolute atomic E-state index is 0.129. The van der Waals surface area contributed by atoms with E-state index in [2.05, 4.69) is 10.3 Å². The average molecular weight is 507 g/mol. The van der Waals surface area contributed by atoms with Gasteiger partial charge in [-0.15, -0.1) is 0 Å². The molecule has 0 aliphatic carbocycles. The zero-order chi connectivity index (χ0) is 24.7. The quantitative estimate of drug-likeness (QED) is 0.388. The number of carbonyl (C=O) groups excluding carboxylic acids is 2. The molecule has 0 aliphatic rings. The molecule has 0 saturated carbocycles. The molecule has 1 amide bonds. The van der Waals surface area contributed by atoms with E-state index < -0.39 is 18.4 Å². The molecular weight excluding hydrogens is 486 g/mol. The number of benzene rings is 2. The van der Waals surface area contributed by atoms with Gasteiger partial charge in [0, 0.05) is 11.1 Å². The molecule has 0 aliphatic heterocycles. The topological polar surface area (TPSA) is 86.8 Å². The van der Waals surface area contributed by atoms with E-state index in [1.54, 1.807) is 24.3 Å². The fraction of sp³-hybridized carbons (Fsp3) is 0.208. The van der Waals surface area contributed by atoms with Crippen LogP contribution >= 0.6 is 23.2 Å².